The zero-order valence-electron chi connectivity index (χ0n) is 12.7. The number of amides is 1. The Bertz CT molecular complexity index is 658. The molecule has 1 amide bonds. The van der Waals surface area contributed by atoms with Crippen molar-refractivity contribution in [3.05, 3.63) is 23.8 Å². The molecule has 3 atom stereocenters. The summed E-state index contributed by atoms with van der Waals surface area (Å²) in [4.78, 5) is 25.4. The van der Waals surface area contributed by atoms with Gasteiger partial charge in [0, 0.05) is 12.5 Å². The lowest BCUT2D eigenvalue weighted by molar-refractivity contribution is -0.148. The Balaban J connectivity index is 1.47. The Hall–Kier alpha value is -2.24. The van der Waals surface area contributed by atoms with Crippen molar-refractivity contribution in [3.63, 3.8) is 0 Å². The van der Waals surface area contributed by atoms with E-state index in [4.69, 9.17) is 9.47 Å². The van der Waals surface area contributed by atoms with Gasteiger partial charge in [-0.3, -0.25) is 4.79 Å². The molecule has 0 bridgehead atoms. The van der Waals surface area contributed by atoms with Crippen molar-refractivity contribution in [2.24, 2.45) is 5.92 Å². The van der Waals surface area contributed by atoms with Crippen LogP contribution in [0.15, 0.2) is 18.2 Å². The summed E-state index contributed by atoms with van der Waals surface area (Å²) in [5.74, 6) is 0.624. The van der Waals surface area contributed by atoms with E-state index in [1.54, 1.807) is 4.90 Å². The third-order valence-electron chi connectivity index (χ3n) is 4.92. The van der Waals surface area contributed by atoms with Gasteiger partial charge in [0.15, 0.2) is 11.5 Å². The van der Waals surface area contributed by atoms with E-state index in [-0.39, 0.29) is 17.7 Å². The van der Waals surface area contributed by atoms with E-state index in [0.717, 1.165) is 29.9 Å². The van der Waals surface area contributed by atoms with Crippen molar-refractivity contribution in [2.75, 3.05) is 19.8 Å². The fourth-order valence-electron chi connectivity index (χ4n) is 3.63. The molecule has 1 N–H and O–H groups in total. The molecule has 0 unspecified atom stereocenters. The lowest BCUT2D eigenvalue weighted by Gasteiger charge is -2.22. The van der Waals surface area contributed by atoms with E-state index >= 15 is 0 Å². The number of ether oxygens (including phenoxy) is 2. The minimum atomic E-state index is -0.896. The van der Waals surface area contributed by atoms with E-state index < -0.39 is 12.0 Å². The number of hydrogen-bond donors (Lipinski definition) is 1. The predicted octanol–water partition coefficient (Wildman–Crippen LogP) is 1.64. The molecule has 2 fully saturated rings. The monoisotopic (exact) mass is 317 g/mol. The lowest BCUT2D eigenvalue weighted by atomic mass is 10.1. The van der Waals surface area contributed by atoms with Crippen molar-refractivity contribution in [2.45, 2.75) is 31.2 Å². The molecule has 2 aliphatic heterocycles. The molecular weight excluding hydrogens is 298 g/mol. The SMILES string of the molecule is O=C(O)[C@H]1CCCN1C(=O)[C@@H]1C[C@H]1c1ccc2c(c1)OCCO2. The molecule has 1 saturated heterocycles. The van der Waals surface area contributed by atoms with Gasteiger partial charge in [-0.1, -0.05) is 6.07 Å². The molecule has 4 rings (SSSR count). The minimum absolute atomic E-state index is 0.0187. The van der Waals surface area contributed by atoms with Gasteiger partial charge < -0.3 is 19.5 Å². The summed E-state index contributed by atoms with van der Waals surface area (Å²) in [5, 5.41) is 9.23. The maximum absolute atomic E-state index is 12.6. The number of likely N-dealkylation sites (tertiary alicyclic amines) is 1. The zero-order chi connectivity index (χ0) is 16.0. The molecule has 6 nitrogen and oxygen atoms in total. The number of carbonyl (C=O) groups is 2. The summed E-state index contributed by atoms with van der Waals surface area (Å²) in [6, 6.07) is 5.17. The van der Waals surface area contributed by atoms with Crippen LogP contribution in [0.1, 0.15) is 30.7 Å². The van der Waals surface area contributed by atoms with Gasteiger partial charge in [-0.2, -0.15) is 0 Å². The fourth-order valence-corrected chi connectivity index (χ4v) is 3.63. The minimum Gasteiger partial charge on any atom is -0.486 e. The first-order chi connectivity index (χ1) is 11.1. The van der Waals surface area contributed by atoms with Crippen LogP contribution in [0.3, 0.4) is 0 Å². The van der Waals surface area contributed by atoms with Gasteiger partial charge in [0.1, 0.15) is 19.3 Å². The molecule has 23 heavy (non-hydrogen) atoms. The zero-order valence-corrected chi connectivity index (χ0v) is 12.7. The predicted molar refractivity (Wildman–Crippen MR) is 80.7 cm³/mol. The Morgan fingerprint density at radius 1 is 1.17 bits per heavy atom. The summed E-state index contributed by atoms with van der Waals surface area (Å²) < 4.78 is 11.1. The average Bonchev–Trinajstić information content (AvgIpc) is 3.21. The summed E-state index contributed by atoms with van der Waals surface area (Å²) in [7, 11) is 0. The van der Waals surface area contributed by atoms with Crippen LogP contribution >= 0.6 is 0 Å². The Morgan fingerprint density at radius 3 is 2.74 bits per heavy atom. The summed E-state index contributed by atoms with van der Waals surface area (Å²) in [6.07, 6.45) is 2.11. The number of nitrogens with zero attached hydrogens (tertiary/aromatic N) is 1. The molecule has 2 heterocycles. The highest BCUT2D eigenvalue weighted by Gasteiger charge is 2.48. The number of fused-ring (bicyclic) bond motifs is 1. The maximum atomic E-state index is 12.6. The topological polar surface area (TPSA) is 76.1 Å². The molecule has 1 saturated carbocycles. The van der Waals surface area contributed by atoms with Crippen molar-refractivity contribution in [1.29, 1.82) is 0 Å². The third kappa shape index (κ3) is 2.52. The Kier molecular flexibility index (Phi) is 3.39. The van der Waals surface area contributed by atoms with E-state index in [9.17, 15) is 14.7 Å². The molecule has 3 aliphatic rings. The first kappa shape index (κ1) is 14.4. The van der Waals surface area contributed by atoms with E-state index in [0.29, 0.717) is 26.2 Å². The third-order valence-corrected chi connectivity index (χ3v) is 4.92. The molecule has 1 aliphatic carbocycles. The molecule has 0 aromatic heterocycles. The standard InChI is InChI=1S/C17H19NO5/c19-16(18-5-1-2-13(18)17(20)21)12-9-11(12)10-3-4-14-15(8-10)23-7-6-22-14/h3-4,8,11-13H,1-2,5-7,9H2,(H,20,21)/t11-,12+,13+/m0/s1. The second-order valence-electron chi connectivity index (χ2n) is 6.38. The molecule has 0 spiro atoms. The van der Waals surface area contributed by atoms with Crippen molar-refractivity contribution >= 4 is 11.9 Å². The second kappa shape index (κ2) is 5.44. The average molecular weight is 317 g/mol. The summed E-state index contributed by atoms with van der Waals surface area (Å²) >= 11 is 0. The lowest BCUT2D eigenvalue weighted by Crippen LogP contribution is -2.41. The highest BCUT2D eigenvalue weighted by molar-refractivity contribution is 5.88. The molecule has 1 aromatic rings. The van der Waals surface area contributed by atoms with Crippen LogP contribution in [-0.2, 0) is 9.59 Å². The van der Waals surface area contributed by atoms with Crippen LogP contribution in [0, 0.1) is 5.92 Å². The number of benzene rings is 1. The smallest absolute Gasteiger partial charge is 0.326 e. The Labute approximate surface area is 134 Å². The fraction of sp³-hybridized carbons (Fsp3) is 0.529. The van der Waals surface area contributed by atoms with Crippen LogP contribution in [0.4, 0.5) is 0 Å². The van der Waals surface area contributed by atoms with Gasteiger partial charge in [0.05, 0.1) is 0 Å². The number of hydrogen-bond acceptors (Lipinski definition) is 4. The van der Waals surface area contributed by atoms with Crippen LogP contribution < -0.4 is 9.47 Å². The number of carbonyl (C=O) groups excluding carboxylic acids is 1. The van der Waals surface area contributed by atoms with E-state index in [1.165, 1.54) is 0 Å². The van der Waals surface area contributed by atoms with Gasteiger partial charge in [-0.15, -0.1) is 0 Å². The van der Waals surface area contributed by atoms with Gasteiger partial charge in [-0.05, 0) is 42.9 Å². The van der Waals surface area contributed by atoms with Crippen LogP contribution in [-0.4, -0.2) is 47.7 Å². The van der Waals surface area contributed by atoms with Gasteiger partial charge in [0.2, 0.25) is 5.91 Å². The maximum Gasteiger partial charge on any atom is 0.326 e. The normalized spacial score (nSPS) is 28.5. The van der Waals surface area contributed by atoms with Crippen LogP contribution in [0.25, 0.3) is 0 Å². The van der Waals surface area contributed by atoms with Crippen molar-refractivity contribution in [3.8, 4) is 11.5 Å². The number of carboxylic acids is 1. The molecule has 1 aromatic carbocycles. The Morgan fingerprint density at radius 2 is 1.96 bits per heavy atom. The quantitative estimate of drug-likeness (QED) is 0.917. The number of aliphatic carboxylic acids is 1. The first-order valence-electron chi connectivity index (χ1n) is 8.08. The molecule has 6 heteroatoms. The largest absolute Gasteiger partial charge is 0.486 e. The summed E-state index contributed by atoms with van der Waals surface area (Å²) in [6.45, 7) is 1.65. The van der Waals surface area contributed by atoms with E-state index in [1.807, 2.05) is 18.2 Å². The van der Waals surface area contributed by atoms with Crippen LogP contribution in [0.2, 0.25) is 0 Å². The highest BCUT2D eigenvalue weighted by atomic mass is 16.6. The van der Waals surface area contributed by atoms with Gasteiger partial charge in [-0.25, -0.2) is 4.79 Å². The van der Waals surface area contributed by atoms with Crippen molar-refractivity contribution < 1.29 is 24.2 Å². The first-order valence-corrected chi connectivity index (χ1v) is 8.08. The van der Waals surface area contributed by atoms with Crippen molar-refractivity contribution in [1.82, 2.24) is 4.90 Å². The highest BCUT2D eigenvalue weighted by Crippen LogP contribution is 2.50. The number of rotatable bonds is 3. The summed E-state index contributed by atoms with van der Waals surface area (Å²) in [5.41, 5.74) is 1.07. The molecular formula is C17H19NO5. The van der Waals surface area contributed by atoms with Crippen LogP contribution in [0.5, 0.6) is 11.5 Å². The van der Waals surface area contributed by atoms with Gasteiger partial charge in [0.25, 0.3) is 0 Å². The second-order valence-corrected chi connectivity index (χ2v) is 6.38. The number of carboxylic acid groups (broad SMARTS) is 1. The van der Waals surface area contributed by atoms with Gasteiger partial charge >= 0.3 is 5.97 Å². The molecule has 0 radical (unpaired) electrons. The molecule has 122 valence electrons. The van der Waals surface area contributed by atoms with E-state index in [2.05, 4.69) is 0 Å².